The summed E-state index contributed by atoms with van der Waals surface area (Å²) in [6.45, 7) is 2.43. The van der Waals surface area contributed by atoms with Gasteiger partial charge in [0.2, 0.25) is 0 Å². The van der Waals surface area contributed by atoms with Crippen molar-refractivity contribution in [3.05, 3.63) is 41.5 Å². The van der Waals surface area contributed by atoms with Crippen LogP contribution in [0, 0.1) is 11.6 Å². The Bertz CT molecular complexity index is 359. The predicted octanol–water partition coefficient (Wildman–Crippen LogP) is 3.11. The molecule has 0 atom stereocenters. The van der Waals surface area contributed by atoms with Crippen molar-refractivity contribution < 1.29 is 8.78 Å². The Kier molecular flexibility index (Phi) is 4.43. The van der Waals surface area contributed by atoms with E-state index in [4.69, 9.17) is 5.73 Å². The second-order valence-electron chi connectivity index (χ2n) is 3.44. The number of hydrogen-bond donors (Lipinski definition) is 1. The Hall–Kier alpha value is -1.22. The largest absolute Gasteiger partial charge is 0.330 e. The van der Waals surface area contributed by atoms with Crippen molar-refractivity contribution >= 4 is 5.57 Å². The van der Waals surface area contributed by atoms with Crippen molar-refractivity contribution in [2.45, 2.75) is 19.8 Å². The minimum Gasteiger partial charge on any atom is -0.330 e. The van der Waals surface area contributed by atoms with E-state index >= 15 is 0 Å². The Balaban J connectivity index is 2.81. The monoisotopic (exact) mass is 211 g/mol. The predicted molar refractivity (Wildman–Crippen MR) is 58.3 cm³/mol. The zero-order valence-corrected chi connectivity index (χ0v) is 8.76. The average molecular weight is 211 g/mol. The summed E-state index contributed by atoms with van der Waals surface area (Å²) in [5, 5.41) is 0. The fourth-order valence-corrected chi connectivity index (χ4v) is 1.36. The lowest BCUT2D eigenvalue weighted by atomic mass is 10.1. The van der Waals surface area contributed by atoms with E-state index in [1.165, 1.54) is 12.1 Å². The Morgan fingerprint density at radius 3 is 2.73 bits per heavy atom. The lowest BCUT2D eigenvalue weighted by molar-refractivity contribution is 0.581. The van der Waals surface area contributed by atoms with Crippen LogP contribution in [0.1, 0.15) is 25.3 Å². The molecule has 82 valence electrons. The number of unbranched alkanes of at least 4 members (excludes halogenated alkanes) is 1. The average Bonchev–Trinajstić information content (AvgIpc) is 2.17. The molecule has 0 aliphatic rings. The molecular formula is C12H15F2N. The molecule has 0 spiro atoms. The van der Waals surface area contributed by atoms with Gasteiger partial charge in [0.05, 0.1) is 0 Å². The molecule has 3 heteroatoms. The molecule has 0 saturated carbocycles. The third kappa shape index (κ3) is 3.44. The summed E-state index contributed by atoms with van der Waals surface area (Å²) in [5.41, 5.74) is 6.62. The van der Waals surface area contributed by atoms with E-state index < -0.39 is 11.6 Å². The van der Waals surface area contributed by atoms with Gasteiger partial charge in [0.1, 0.15) is 11.6 Å². The molecule has 0 radical (unpaired) electrons. The summed E-state index contributed by atoms with van der Waals surface area (Å²) < 4.78 is 25.9. The van der Waals surface area contributed by atoms with Gasteiger partial charge in [0, 0.05) is 11.6 Å². The fourth-order valence-electron chi connectivity index (χ4n) is 1.36. The summed E-state index contributed by atoms with van der Waals surface area (Å²) in [6.07, 6.45) is 3.61. The van der Waals surface area contributed by atoms with E-state index in [9.17, 15) is 8.78 Å². The minimum absolute atomic E-state index is 0.452. The van der Waals surface area contributed by atoms with Crippen molar-refractivity contribution in [1.82, 2.24) is 0 Å². The number of hydrogen-bond acceptors (Lipinski definition) is 1. The van der Waals surface area contributed by atoms with Gasteiger partial charge < -0.3 is 5.73 Å². The van der Waals surface area contributed by atoms with E-state index in [0.717, 1.165) is 24.5 Å². The van der Waals surface area contributed by atoms with Crippen molar-refractivity contribution in [2.75, 3.05) is 6.54 Å². The molecule has 0 amide bonds. The summed E-state index contributed by atoms with van der Waals surface area (Å²) in [5.74, 6) is -1.07. The van der Waals surface area contributed by atoms with Crippen LogP contribution in [-0.4, -0.2) is 6.54 Å². The summed E-state index contributed by atoms with van der Waals surface area (Å²) in [4.78, 5) is 0. The molecule has 1 aromatic rings. The number of nitrogens with two attached hydrogens (primary N) is 1. The Labute approximate surface area is 88.6 Å². The first kappa shape index (κ1) is 11.9. The van der Waals surface area contributed by atoms with Crippen LogP contribution in [0.4, 0.5) is 8.78 Å². The molecule has 0 unspecified atom stereocenters. The SMILES string of the molecule is C/C(=C\CCCN)c1ccc(F)cc1F. The summed E-state index contributed by atoms with van der Waals surface area (Å²) >= 11 is 0. The normalized spacial score (nSPS) is 11.9. The molecule has 0 saturated heterocycles. The maximum absolute atomic E-state index is 13.3. The second-order valence-corrected chi connectivity index (χ2v) is 3.44. The zero-order chi connectivity index (χ0) is 11.3. The molecule has 0 aromatic heterocycles. The molecule has 1 nitrogen and oxygen atoms in total. The third-order valence-electron chi connectivity index (χ3n) is 2.21. The lowest BCUT2D eigenvalue weighted by Gasteiger charge is -2.03. The number of rotatable bonds is 4. The molecule has 1 rings (SSSR count). The molecule has 2 N–H and O–H groups in total. The Morgan fingerprint density at radius 2 is 2.13 bits per heavy atom. The van der Waals surface area contributed by atoms with Crippen molar-refractivity contribution in [1.29, 1.82) is 0 Å². The fraction of sp³-hybridized carbons (Fsp3) is 0.333. The first-order valence-corrected chi connectivity index (χ1v) is 4.97. The quantitative estimate of drug-likeness (QED) is 0.761. The molecule has 0 fully saturated rings. The van der Waals surface area contributed by atoms with Crippen molar-refractivity contribution in [2.24, 2.45) is 5.73 Å². The van der Waals surface area contributed by atoms with Crippen LogP contribution in [0.5, 0.6) is 0 Å². The van der Waals surface area contributed by atoms with E-state index in [0.29, 0.717) is 12.1 Å². The number of halogens is 2. The van der Waals surface area contributed by atoms with E-state index in [-0.39, 0.29) is 0 Å². The van der Waals surface area contributed by atoms with Gasteiger partial charge in [-0.1, -0.05) is 6.08 Å². The molecule has 0 aliphatic carbocycles. The minimum atomic E-state index is -0.550. The van der Waals surface area contributed by atoms with Crippen molar-refractivity contribution in [3.8, 4) is 0 Å². The van der Waals surface area contributed by atoms with Crippen LogP contribution in [-0.2, 0) is 0 Å². The molecule has 15 heavy (non-hydrogen) atoms. The van der Waals surface area contributed by atoms with Crippen LogP contribution in [0.2, 0.25) is 0 Å². The van der Waals surface area contributed by atoms with Gasteiger partial charge in [-0.3, -0.25) is 0 Å². The highest BCUT2D eigenvalue weighted by Gasteiger charge is 2.04. The molecule has 1 aromatic carbocycles. The van der Waals surface area contributed by atoms with Crippen LogP contribution < -0.4 is 5.73 Å². The molecular weight excluding hydrogens is 196 g/mol. The maximum Gasteiger partial charge on any atom is 0.133 e. The lowest BCUT2D eigenvalue weighted by Crippen LogP contribution is -1.97. The van der Waals surface area contributed by atoms with E-state index in [1.807, 2.05) is 13.0 Å². The van der Waals surface area contributed by atoms with Crippen LogP contribution in [0.3, 0.4) is 0 Å². The number of allylic oxidation sites excluding steroid dienone is 2. The van der Waals surface area contributed by atoms with Gasteiger partial charge in [-0.15, -0.1) is 0 Å². The van der Waals surface area contributed by atoms with E-state index in [2.05, 4.69) is 0 Å². The molecule has 0 aliphatic heterocycles. The highest BCUT2D eigenvalue weighted by molar-refractivity contribution is 5.63. The highest BCUT2D eigenvalue weighted by Crippen LogP contribution is 2.19. The summed E-state index contributed by atoms with van der Waals surface area (Å²) in [6, 6.07) is 3.62. The van der Waals surface area contributed by atoms with Crippen LogP contribution in [0.15, 0.2) is 24.3 Å². The second kappa shape index (κ2) is 5.61. The number of benzene rings is 1. The smallest absolute Gasteiger partial charge is 0.133 e. The van der Waals surface area contributed by atoms with Gasteiger partial charge in [-0.05, 0) is 44.0 Å². The van der Waals surface area contributed by atoms with Gasteiger partial charge in [0.15, 0.2) is 0 Å². The van der Waals surface area contributed by atoms with Crippen LogP contribution >= 0.6 is 0 Å². The van der Waals surface area contributed by atoms with Crippen molar-refractivity contribution in [3.63, 3.8) is 0 Å². The van der Waals surface area contributed by atoms with Gasteiger partial charge in [0.25, 0.3) is 0 Å². The summed E-state index contributed by atoms with van der Waals surface area (Å²) in [7, 11) is 0. The van der Waals surface area contributed by atoms with Gasteiger partial charge >= 0.3 is 0 Å². The van der Waals surface area contributed by atoms with Crippen LogP contribution in [0.25, 0.3) is 5.57 Å². The first-order valence-electron chi connectivity index (χ1n) is 4.97. The maximum atomic E-state index is 13.3. The molecule has 0 heterocycles. The Morgan fingerprint density at radius 1 is 1.40 bits per heavy atom. The van der Waals surface area contributed by atoms with Gasteiger partial charge in [-0.2, -0.15) is 0 Å². The van der Waals surface area contributed by atoms with E-state index in [1.54, 1.807) is 0 Å². The highest BCUT2D eigenvalue weighted by atomic mass is 19.1. The first-order chi connectivity index (χ1) is 7.15. The zero-order valence-electron chi connectivity index (χ0n) is 8.76. The standard InChI is InChI=1S/C12H15F2N/c1-9(4-2-3-7-15)11-6-5-10(13)8-12(11)14/h4-6,8H,2-3,7,15H2,1H3/b9-4+. The molecule has 0 bridgehead atoms. The topological polar surface area (TPSA) is 26.0 Å². The third-order valence-corrected chi connectivity index (χ3v) is 2.21. The van der Waals surface area contributed by atoms with Gasteiger partial charge in [-0.25, -0.2) is 8.78 Å².